The predicted octanol–water partition coefficient (Wildman–Crippen LogP) is 1.99. The van der Waals surface area contributed by atoms with E-state index in [2.05, 4.69) is 10.1 Å². The van der Waals surface area contributed by atoms with Crippen molar-refractivity contribution in [2.45, 2.75) is 6.92 Å². The molecule has 5 heteroatoms. The van der Waals surface area contributed by atoms with Gasteiger partial charge >= 0.3 is 5.97 Å². The standard InChI is InChI=1S/C12H12ClNO3/c1-8(15)14-11(12(16)17-2)7-9-5-3-4-6-10(9)13/h3-7H,1-2H3,(H,14,15)/b11-7+. The van der Waals surface area contributed by atoms with E-state index in [0.717, 1.165) is 0 Å². The third-order valence-corrected chi connectivity index (χ3v) is 2.27. The Morgan fingerprint density at radius 1 is 1.35 bits per heavy atom. The van der Waals surface area contributed by atoms with Crippen molar-refractivity contribution in [3.63, 3.8) is 0 Å². The van der Waals surface area contributed by atoms with Crippen LogP contribution in [0.15, 0.2) is 30.0 Å². The van der Waals surface area contributed by atoms with Gasteiger partial charge in [-0.15, -0.1) is 0 Å². The van der Waals surface area contributed by atoms with Crippen molar-refractivity contribution in [2.75, 3.05) is 7.11 Å². The molecule has 4 nitrogen and oxygen atoms in total. The fourth-order valence-electron chi connectivity index (χ4n) is 1.19. The second kappa shape index (κ2) is 6.06. The Morgan fingerprint density at radius 3 is 2.53 bits per heavy atom. The van der Waals surface area contributed by atoms with Gasteiger partial charge in [-0.2, -0.15) is 0 Å². The number of hydrogen-bond donors (Lipinski definition) is 1. The van der Waals surface area contributed by atoms with Gasteiger partial charge in [-0.3, -0.25) is 4.79 Å². The fraction of sp³-hybridized carbons (Fsp3) is 0.167. The first kappa shape index (κ1) is 13.3. The normalized spacial score (nSPS) is 10.9. The summed E-state index contributed by atoms with van der Waals surface area (Å²) >= 11 is 5.94. The SMILES string of the molecule is COC(=O)/C(=C\c1ccccc1Cl)NC(C)=O. The summed E-state index contributed by atoms with van der Waals surface area (Å²) in [5, 5.41) is 2.88. The molecule has 0 atom stereocenters. The van der Waals surface area contributed by atoms with Crippen LogP contribution in [0, 0.1) is 0 Å². The molecule has 0 aliphatic carbocycles. The maximum Gasteiger partial charge on any atom is 0.354 e. The first-order chi connectivity index (χ1) is 8.04. The number of ether oxygens (including phenoxy) is 1. The van der Waals surface area contributed by atoms with Gasteiger partial charge in [0, 0.05) is 11.9 Å². The zero-order valence-electron chi connectivity index (χ0n) is 9.49. The Labute approximate surface area is 104 Å². The fourth-order valence-corrected chi connectivity index (χ4v) is 1.38. The van der Waals surface area contributed by atoms with Crippen LogP contribution in [0.25, 0.3) is 6.08 Å². The topological polar surface area (TPSA) is 55.4 Å². The van der Waals surface area contributed by atoms with Crippen molar-refractivity contribution in [2.24, 2.45) is 0 Å². The molecule has 0 aliphatic rings. The van der Waals surface area contributed by atoms with Crippen LogP contribution in [-0.4, -0.2) is 19.0 Å². The van der Waals surface area contributed by atoms with Crippen LogP contribution < -0.4 is 5.32 Å². The van der Waals surface area contributed by atoms with E-state index in [9.17, 15) is 9.59 Å². The first-order valence-corrected chi connectivity index (χ1v) is 5.24. The quantitative estimate of drug-likeness (QED) is 0.662. The third kappa shape index (κ3) is 3.92. The van der Waals surface area contributed by atoms with Crippen LogP contribution in [0.2, 0.25) is 5.02 Å². The molecule has 0 heterocycles. The van der Waals surface area contributed by atoms with E-state index in [1.165, 1.54) is 20.1 Å². The summed E-state index contributed by atoms with van der Waals surface area (Å²) in [7, 11) is 1.24. The van der Waals surface area contributed by atoms with Gasteiger partial charge in [0.15, 0.2) is 0 Å². The van der Waals surface area contributed by atoms with Crippen LogP contribution in [-0.2, 0) is 14.3 Å². The van der Waals surface area contributed by atoms with Crippen molar-refractivity contribution < 1.29 is 14.3 Å². The summed E-state index contributed by atoms with van der Waals surface area (Å²) in [4.78, 5) is 22.4. The van der Waals surface area contributed by atoms with E-state index in [1.807, 2.05) is 0 Å². The minimum absolute atomic E-state index is 0.0492. The number of rotatable bonds is 3. The highest BCUT2D eigenvalue weighted by atomic mass is 35.5. The lowest BCUT2D eigenvalue weighted by atomic mass is 10.2. The molecular weight excluding hydrogens is 242 g/mol. The number of methoxy groups -OCH3 is 1. The minimum atomic E-state index is -0.625. The van der Waals surface area contributed by atoms with E-state index < -0.39 is 5.97 Å². The van der Waals surface area contributed by atoms with Crippen molar-refractivity contribution >= 4 is 29.6 Å². The third-order valence-electron chi connectivity index (χ3n) is 1.92. The van der Waals surface area contributed by atoms with Gasteiger partial charge in [-0.25, -0.2) is 4.79 Å². The number of esters is 1. The first-order valence-electron chi connectivity index (χ1n) is 4.86. The lowest BCUT2D eigenvalue weighted by Gasteiger charge is -2.06. The number of carbonyl (C=O) groups is 2. The maximum absolute atomic E-state index is 11.4. The van der Waals surface area contributed by atoms with Crippen LogP contribution in [0.5, 0.6) is 0 Å². The van der Waals surface area contributed by atoms with E-state index in [0.29, 0.717) is 10.6 Å². The second-order valence-electron chi connectivity index (χ2n) is 3.25. The summed E-state index contributed by atoms with van der Waals surface area (Å²) in [5.74, 6) is -0.978. The molecule has 1 amide bonds. The van der Waals surface area contributed by atoms with Crippen molar-refractivity contribution in [3.8, 4) is 0 Å². The number of hydrogen-bond acceptors (Lipinski definition) is 3. The Hall–Kier alpha value is -1.81. The number of amides is 1. The maximum atomic E-state index is 11.4. The molecule has 17 heavy (non-hydrogen) atoms. The summed E-state index contributed by atoms with van der Waals surface area (Å²) in [6.45, 7) is 1.31. The van der Waals surface area contributed by atoms with Crippen LogP contribution in [0.4, 0.5) is 0 Å². The second-order valence-corrected chi connectivity index (χ2v) is 3.66. The van der Waals surface area contributed by atoms with Crippen molar-refractivity contribution in [3.05, 3.63) is 40.5 Å². The van der Waals surface area contributed by atoms with Gasteiger partial charge in [0.05, 0.1) is 7.11 Å². The zero-order chi connectivity index (χ0) is 12.8. The van der Waals surface area contributed by atoms with Crippen molar-refractivity contribution in [1.82, 2.24) is 5.32 Å². The molecule has 0 aliphatic heterocycles. The van der Waals surface area contributed by atoms with Crippen LogP contribution in [0.3, 0.4) is 0 Å². The Balaban J connectivity index is 3.09. The van der Waals surface area contributed by atoms with E-state index in [1.54, 1.807) is 24.3 Å². The van der Waals surface area contributed by atoms with Crippen molar-refractivity contribution in [1.29, 1.82) is 0 Å². The molecule has 0 radical (unpaired) electrons. The predicted molar refractivity (Wildman–Crippen MR) is 65.3 cm³/mol. The summed E-state index contributed by atoms with van der Waals surface area (Å²) < 4.78 is 4.56. The van der Waals surface area contributed by atoms with E-state index >= 15 is 0 Å². The molecule has 0 spiro atoms. The summed E-state index contributed by atoms with van der Waals surface area (Å²) in [5.41, 5.74) is 0.677. The lowest BCUT2D eigenvalue weighted by Crippen LogP contribution is -2.25. The summed E-state index contributed by atoms with van der Waals surface area (Å²) in [6, 6.07) is 6.97. The smallest absolute Gasteiger partial charge is 0.354 e. The minimum Gasteiger partial charge on any atom is -0.464 e. The molecule has 1 rings (SSSR count). The Bertz CT molecular complexity index is 469. The number of nitrogens with one attached hydrogen (secondary N) is 1. The molecule has 0 unspecified atom stereocenters. The Kier molecular flexibility index (Phi) is 4.72. The van der Waals surface area contributed by atoms with Gasteiger partial charge in [-0.05, 0) is 17.7 Å². The number of benzene rings is 1. The molecular formula is C12H12ClNO3. The molecule has 0 saturated heterocycles. The van der Waals surface area contributed by atoms with Gasteiger partial charge in [0.2, 0.25) is 5.91 Å². The monoisotopic (exact) mass is 253 g/mol. The highest BCUT2D eigenvalue weighted by molar-refractivity contribution is 6.32. The highest BCUT2D eigenvalue weighted by Crippen LogP contribution is 2.17. The van der Waals surface area contributed by atoms with Crippen LogP contribution in [0.1, 0.15) is 12.5 Å². The molecule has 0 bridgehead atoms. The molecule has 1 aromatic carbocycles. The average Bonchev–Trinajstić information content (AvgIpc) is 2.29. The lowest BCUT2D eigenvalue weighted by molar-refractivity contribution is -0.137. The largest absolute Gasteiger partial charge is 0.464 e. The van der Waals surface area contributed by atoms with Gasteiger partial charge in [0.25, 0.3) is 0 Å². The molecule has 1 aromatic rings. The highest BCUT2D eigenvalue weighted by Gasteiger charge is 2.11. The van der Waals surface area contributed by atoms with E-state index in [4.69, 9.17) is 11.6 Å². The van der Waals surface area contributed by atoms with Crippen LogP contribution >= 0.6 is 11.6 Å². The van der Waals surface area contributed by atoms with Gasteiger partial charge in [0.1, 0.15) is 5.70 Å². The number of carbonyl (C=O) groups excluding carboxylic acids is 2. The Morgan fingerprint density at radius 2 is 2.00 bits per heavy atom. The van der Waals surface area contributed by atoms with E-state index in [-0.39, 0.29) is 11.6 Å². The zero-order valence-corrected chi connectivity index (χ0v) is 10.2. The number of halogens is 1. The molecule has 0 fully saturated rings. The summed E-state index contributed by atoms with van der Waals surface area (Å²) in [6.07, 6.45) is 1.47. The molecule has 1 N–H and O–H groups in total. The van der Waals surface area contributed by atoms with Gasteiger partial charge in [-0.1, -0.05) is 29.8 Å². The average molecular weight is 254 g/mol. The molecule has 0 aromatic heterocycles. The molecule has 0 saturated carbocycles. The molecule has 90 valence electrons. The van der Waals surface area contributed by atoms with Gasteiger partial charge < -0.3 is 10.1 Å².